The summed E-state index contributed by atoms with van der Waals surface area (Å²) < 4.78 is 11.4. The fourth-order valence-corrected chi connectivity index (χ4v) is 5.84. The second-order valence-electron chi connectivity index (χ2n) is 9.60. The normalized spacial score (nSPS) is 24.2. The van der Waals surface area contributed by atoms with Crippen molar-refractivity contribution in [3.05, 3.63) is 34.9 Å². The Morgan fingerprint density at radius 3 is 2.64 bits per heavy atom. The number of likely N-dealkylation sites (tertiary alicyclic amines) is 1. The second kappa shape index (κ2) is 9.66. The van der Waals surface area contributed by atoms with Crippen LogP contribution < -0.4 is 10.1 Å². The van der Waals surface area contributed by atoms with Gasteiger partial charge < -0.3 is 19.7 Å². The number of nitrogens with zero attached hydrogens (tertiary/aromatic N) is 4. The minimum absolute atomic E-state index is 0.148. The number of fused-ring (bicyclic) bond motifs is 2. The van der Waals surface area contributed by atoms with Gasteiger partial charge in [-0.1, -0.05) is 0 Å². The Hall–Kier alpha value is -2.69. The molecule has 33 heavy (non-hydrogen) atoms. The number of ether oxygens (including phenoxy) is 2. The number of hydrogen-bond acceptors (Lipinski definition) is 7. The number of likely N-dealkylation sites (N-methyl/N-ethyl adjacent to an activating group) is 1. The smallest absolute Gasteiger partial charge is 0.189 e. The van der Waals surface area contributed by atoms with Crippen molar-refractivity contribution in [1.29, 1.82) is 5.26 Å². The molecule has 0 radical (unpaired) electrons. The lowest BCUT2D eigenvalue weighted by Crippen LogP contribution is -2.40. The monoisotopic (exact) mass is 447 g/mol. The van der Waals surface area contributed by atoms with Crippen molar-refractivity contribution in [2.75, 3.05) is 38.9 Å². The van der Waals surface area contributed by atoms with Crippen LogP contribution in [0.5, 0.6) is 5.75 Å². The molecule has 0 spiro atoms. The molecular formula is C26H33N5O2. The molecule has 1 saturated carbocycles. The minimum Gasteiger partial charge on any atom is -0.467 e. The molecule has 1 aliphatic heterocycles. The first-order valence-electron chi connectivity index (χ1n) is 12.3. The summed E-state index contributed by atoms with van der Waals surface area (Å²) in [6, 6.07) is 8.20. The molecule has 2 bridgehead atoms. The quantitative estimate of drug-likeness (QED) is 0.489. The van der Waals surface area contributed by atoms with E-state index >= 15 is 0 Å². The molecule has 1 aromatic carbocycles. The highest BCUT2D eigenvalue weighted by molar-refractivity contribution is 5.75. The highest BCUT2D eigenvalue weighted by atomic mass is 16.7. The zero-order chi connectivity index (χ0) is 22.8. The highest BCUT2D eigenvalue weighted by Gasteiger charge is 2.39. The van der Waals surface area contributed by atoms with Crippen molar-refractivity contribution in [1.82, 2.24) is 15.1 Å². The molecule has 1 N–H and O–H groups in total. The first-order chi connectivity index (χ1) is 16.2. The van der Waals surface area contributed by atoms with E-state index in [0.717, 1.165) is 30.2 Å². The summed E-state index contributed by atoms with van der Waals surface area (Å²) in [4.78, 5) is 2.39. The molecule has 6 rings (SSSR count). The number of rotatable bonds is 7. The number of piperidine rings is 1. The van der Waals surface area contributed by atoms with E-state index in [2.05, 4.69) is 23.3 Å². The zero-order valence-corrected chi connectivity index (χ0v) is 19.6. The third-order valence-corrected chi connectivity index (χ3v) is 7.43. The summed E-state index contributed by atoms with van der Waals surface area (Å²) >= 11 is 0. The van der Waals surface area contributed by atoms with Gasteiger partial charge in [0.05, 0.1) is 11.6 Å². The fraction of sp³-hybridized carbons (Fsp3) is 0.577. The predicted octanol–water partition coefficient (Wildman–Crippen LogP) is 4.65. The van der Waals surface area contributed by atoms with Gasteiger partial charge in [0, 0.05) is 30.3 Å². The molecule has 0 unspecified atom stereocenters. The molecule has 1 atom stereocenters. The van der Waals surface area contributed by atoms with Crippen molar-refractivity contribution in [3.8, 4) is 23.1 Å². The SMILES string of the molecule is CCOCOc1cc(C#N)ccc1-c1nnc(N[C@@H]2CCCN(C)C2)c2c1C1CCC2CC1. The first kappa shape index (κ1) is 22.1. The summed E-state index contributed by atoms with van der Waals surface area (Å²) in [7, 11) is 2.19. The van der Waals surface area contributed by atoms with Crippen LogP contribution in [-0.2, 0) is 4.74 Å². The van der Waals surface area contributed by atoms with E-state index in [4.69, 9.17) is 19.7 Å². The maximum Gasteiger partial charge on any atom is 0.189 e. The lowest BCUT2D eigenvalue weighted by molar-refractivity contribution is 0.0227. The van der Waals surface area contributed by atoms with Gasteiger partial charge in [0.25, 0.3) is 0 Å². The van der Waals surface area contributed by atoms with Crippen LogP contribution in [0.3, 0.4) is 0 Å². The van der Waals surface area contributed by atoms with Gasteiger partial charge in [0.1, 0.15) is 11.4 Å². The van der Waals surface area contributed by atoms with E-state index < -0.39 is 0 Å². The Balaban J connectivity index is 1.56. The van der Waals surface area contributed by atoms with Crippen LogP contribution in [0.4, 0.5) is 5.82 Å². The molecule has 1 aromatic heterocycles. The van der Waals surface area contributed by atoms with E-state index in [1.165, 1.54) is 49.7 Å². The minimum atomic E-state index is 0.148. The van der Waals surface area contributed by atoms with Crippen LogP contribution in [-0.4, -0.2) is 54.7 Å². The third-order valence-electron chi connectivity index (χ3n) is 7.43. The molecule has 7 nitrogen and oxygen atoms in total. The van der Waals surface area contributed by atoms with Crippen LogP contribution in [0.15, 0.2) is 18.2 Å². The molecule has 3 aliphatic carbocycles. The van der Waals surface area contributed by atoms with Crippen LogP contribution in [0.25, 0.3) is 11.3 Å². The van der Waals surface area contributed by atoms with Crippen LogP contribution in [0.2, 0.25) is 0 Å². The van der Waals surface area contributed by atoms with Crippen LogP contribution in [0.1, 0.15) is 74.0 Å². The fourth-order valence-electron chi connectivity index (χ4n) is 5.84. The second-order valence-corrected chi connectivity index (χ2v) is 9.60. The van der Waals surface area contributed by atoms with Crippen molar-refractivity contribution in [2.24, 2.45) is 0 Å². The maximum absolute atomic E-state index is 9.41. The molecular weight excluding hydrogens is 414 g/mol. The molecule has 2 fully saturated rings. The van der Waals surface area contributed by atoms with Gasteiger partial charge in [-0.05, 0) is 94.6 Å². The van der Waals surface area contributed by atoms with Crippen molar-refractivity contribution < 1.29 is 9.47 Å². The van der Waals surface area contributed by atoms with Crippen molar-refractivity contribution >= 4 is 5.82 Å². The summed E-state index contributed by atoms with van der Waals surface area (Å²) in [5.41, 5.74) is 5.07. The average molecular weight is 448 g/mol. The molecule has 174 valence electrons. The van der Waals surface area contributed by atoms with E-state index in [9.17, 15) is 5.26 Å². The summed E-state index contributed by atoms with van der Waals surface area (Å²) in [5.74, 6) is 2.65. The van der Waals surface area contributed by atoms with Crippen molar-refractivity contribution in [3.63, 3.8) is 0 Å². The molecule has 7 heteroatoms. The maximum atomic E-state index is 9.41. The molecule has 2 aromatic rings. The van der Waals surface area contributed by atoms with Gasteiger partial charge in [-0.3, -0.25) is 0 Å². The number of anilines is 1. The largest absolute Gasteiger partial charge is 0.467 e. The molecule has 0 amide bonds. The van der Waals surface area contributed by atoms with Gasteiger partial charge >= 0.3 is 0 Å². The lowest BCUT2D eigenvalue weighted by atomic mass is 9.66. The van der Waals surface area contributed by atoms with Crippen LogP contribution >= 0.6 is 0 Å². The van der Waals surface area contributed by atoms with Crippen LogP contribution in [0, 0.1) is 11.3 Å². The van der Waals surface area contributed by atoms with E-state index in [-0.39, 0.29) is 6.79 Å². The third kappa shape index (κ3) is 4.42. The Morgan fingerprint density at radius 2 is 1.91 bits per heavy atom. The lowest BCUT2D eigenvalue weighted by Gasteiger charge is -2.40. The van der Waals surface area contributed by atoms with Gasteiger partial charge in [-0.2, -0.15) is 5.26 Å². The van der Waals surface area contributed by atoms with E-state index in [0.29, 0.717) is 35.8 Å². The molecule has 1 saturated heterocycles. The number of aromatic nitrogens is 2. The topological polar surface area (TPSA) is 83.3 Å². The Kier molecular flexibility index (Phi) is 6.48. The average Bonchev–Trinajstić information content (AvgIpc) is 2.85. The van der Waals surface area contributed by atoms with Gasteiger partial charge in [0.2, 0.25) is 0 Å². The standard InChI is InChI=1S/C26H33N5O2/c1-3-32-16-33-22-13-17(14-27)6-11-21(22)25-23-18-7-9-19(10-8-18)24(23)26(30-29-25)28-20-5-4-12-31(2)15-20/h6,11,13,18-20H,3-5,7-10,12,15-16H2,1-2H3,(H,28,30)/t18?,19?,20-/m1/s1. The number of hydrogen-bond donors (Lipinski definition) is 1. The Morgan fingerprint density at radius 1 is 1.12 bits per heavy atom. The van der Waals surface area contributed by atoms with Gasteiger partial charge in [0.15, 0.2) is 12.6 Å². The number of nitrogens with one attached hydrogen (secondary N) is 1. The van der Waals surface area contributed by atoms with E-state index in [1.54, 1.807) is 6.07 Å². The molecule has 4 aliphatic rings. The summed E-state index contributed by atoms with van der Waals surface area (Å²) in [6.07, 6.45) is 7.23. The van der Waals surface area contributed by atoms with E-state index in [1.807, 2.05) is 19.1 Å². The zero-order valence-electron chi connectivity index (χ0n) is 19.6. The number of nitriles is 1. The number of benzene rings is 1. The first-order valence-corrected chi connectivity index (χ1v) is 12.3. The van der Waals surface area contributed by atoms with Crippen molar-refractivity contribution in [2.45, 2.75) is 63.3 Å². The summed E-state index contributed by atoms with van der Waals surface area (Å²) in [6.45, 7) is 4.86. The van der Waals surface area contributed by atoms with Gasteiger partial charge in [-0.15, -0.1) is 10.2 Å². The highest BCUT2D eigenvalue weighted by Crippen LogP contribution is 2.54. The summed E-state index contributed by atoms with van der Waals surface area (Å²) in [5, 5.41) is 22.7. The Labute approximate surface area is 196 Å². The molecule has 2 heterocycles. The van der Waals surface area contributed by atoms with Gasteiger partial charge in [-0.25, -0.2) is 0 Å². The Bertz CT molecular complexity index is 1040. The predicted molar refractivity (Wildman–Crippen MR) is 127 cm³/mol.